The number of nitrogens with one attached hydrogen (secondary N) is 2. The van der Waals surface area contributed by atoms with E-state index in [-0.39, 0.29) is 48.5 Å². The zero-order valence-electron chi connectivity index (χ0n) is 51.6. The van der Waals surface area contributed by atoms with Crippen LogP contribution in [0.4, 0.5) is 0 Å². The summed E-state index contributed by atoms with van der Waals surface area (Å²) in [5, 5.41) is 37.3. The second-order valence-electron chi connectivity index (χ2n) is 23.8. The zero-order valence-corrected chi connectivity index (χ0v) is 53.9. The monoisotopic (exact) mass is 1310 g/mol. The van der Waals surface area contributed by atoms with Gasteiger partial charge in [0.2, 0.25) is 35.1 Å². The number of fused-ring (bicyclic) bond motifs is 3. The van der Waals surface area contributed by atoms with Gasteiger partial charge in [-0.15, -0.1) is 0 Å². The number of hydrogen-bond donors (Lipinski definition) is 4. The summed E-state index contributed by atoms with van der Waals surface area (Å²) in [6.45, 7) is 15.5. The first-order chi connectivity index (χ1) is 44.1. The minimum Gasteiger partial charge on any atom is -0.481 e. The Morgan fingerprint density at radius 1 is 0.554 bits per heavy atom. The summed E-state index contributed by atoms with van der Waals surface area (Å²) in [5.74, 6) is 2.60. The van der Waals surface area contributed by atoms with E-state index in [4.69, 9.17) is 72.8 Å². The van der Waals surface area contributed by atoms with Crippen LogP contribution in [-0.2, 0) is 41.7 Å². The third kappa shape index (κ3) is 14.7. The number of aliphatic carboxylic acids is 2. The second-order valence-corrected chi connectivity index (χ2v) is 25.0. The molecule has 3 aromatic carbocycles. The van der Waals surface area contributed by atoms with Crippen molar-refractivity contribution in [3.05, 3.63) is 161 Å². The highest BCUT2D eigenvalue weighted by Gasteiger charge is 2.30. The number of ether oxygens (including phenoxy) is 3. The van der Waals surface area contributed by atoms with Crippen molar-refractivity contribution in [1.29, 1.82) is 0 Å². The molecule has 10 aromatic rings. The van der Waals surface area contributed by atoms with Gasteiger partial charge in [0.1, 0.15) is 15.1 Å². The molecular formula is C67H66Cl3N11O11. The van der Waals surface area contributed by atoms with E-state index in [1.807, 2.05) is 84.9 Å². The third-order valence-corrected chi connectivity index (χ3v) is 16.9. The second kappa shape index (κ2) is 27.7. The lowest BCUT2D eigenvalue weighted by Crippen LogP contribution is -2.07. The van der Waals surface area contributed by atoms with Gasteiger partial charge in [-0.1, -0.05) is 86.7 Å². The maximum atomic E-state index is 11.4. The Kier molecular flexibility index (Phi) is 19.3. The van der Waals surface area contributed by atoms with Crippen molar-refractivity contribution in [2.24, 2.45) is 5.92 Å². The van der Waals surface area contributed by atoms with Crippen molar-refractivity contribution < 1.29 is 47.6 Å². The van der Waals surface area contributed by atoms with E-state index in [1.165, 1.54) is 22.3 Å². The number of carboxylic acid groups (broad SMARTS) is 2. The first kappa shape index (κ1) is 64.3. The molecule has 3 unspecified atom stereocenters. The molecule has 0 aliphatic heterocycles. The first-order valence-corrected chi connectivity index (χ1v) is 31.3. The highest BCUT2D eigenvalue weighted by Crippen LogP contribution is 2.42. The molecule has 7 aromatic heterocycles. The number of nitrogens with zero attached hydrogens (tertiary/aromatic N) is 9. The van der Waals surface area contributed by atoms with Crippen LogP contribution in [0.5, 0.6) is 17.6 Å². The van der Waals surface area contributed by atoms with Gasteiger partial charge < -0.3 is 43.1 Å². The van der Waals surface area contributed by atoms with E-state index in [0.717, 1.165) is 89.6 Å². The fraction of sp³-hybridized carbons (Fsp3) is 0.343. The lowest BCUT2D eigenvalue weighted by atomic mass is 9.93. The Hall–Kier alpha value is -9.25. The lowest BCUT2D eigenvalue weighted by Gasteiger charge is -2.12. The molecule has 13 rings (SSSR count). The Balaban J connectivity index is 0.000000142. The van der Waals surface area contributed by atoms with Crippen LogP contribution in [0.25, 0.3) is 68.5 Å². The quantitative estimate of drug-likeness (QED) is 0.0620. The van der Waals surface area contributed by atoms with Gasteiger partial charge in [0, 0.05) is 53.5 Å². The Morgan fingerprint density at radius 3 is 1.54 bits per heavy atom. The van der Waals surface area contributed by atoms with Gasteiger partial charge in [-0.3, -0.25) is 19.5 Å². The molecule has 476 valence electrons. The van der Waals surface area contributed by atoms with E-state index in [1.54, 1.807) is 42.9 Å². The molecule has 0 spiro atoms. The predicted molar refractivity (Wildman–Crippen MR) is 343 cm³/mol. The number of aromatic amines is 2. The Bertz CT molecular complexity index is 4420. The normalized spacial score (nSPS) is 15.4. The van der Waals surface area contributed by atoms with Crippen LogP contribution in [-0.4, -0.2) is 96.0 Å². The molecule has 7 heterocycles. The maximum absolute atomic E-state index is 11.4. The molecule has 4 N–H and O–H groups in total. The van der Waals surface area contributed by atoms with Crippen molar-refractivity contribution in [2.75, 3.05) is 0 Å². The molecule has 0 radical (unpaired) electrons. The fourth-order valence-electron chi connectivity index (χ4n) is 11.9. The highest BCUT2D eigenvalue weighted by atomic mass is 35.5. The van der Waals surface area contributed by atoms with Crippen molar-refractivity contribution in [3.63, 3.8) is 0 Å². The number of hydrogen-bond acceptors (Lipinski definition) is 18. The molecule has 3 aliphatic carbocycles. The third-order valence-electron chi connectivity index (χ3n) is 16.1. The van der Waals surface area contributed by atoms with Crippen LogP contribution in [0, 0.1) is 19.8 Å². The average molecular weight is 1310 g/mol. The van der Waals surface area contributed by atoms with Crippen molar-refractivity contribution in [2.45, 2.75) is 143 Å². The van der Waals surface area contributed by atoms with Crippen LogP contribution in [0.1, 0.15) is 129 Å². The molecule has 0 fully saturated rings. The Labute approximate surface area is 543 Å². The standard InChI is InChI=1S/C24H24ClN5O3.C22H22ClN3O4.C21H20ClN3O4/c1-12(2)32-24-20(25)9-15(11-26-24)23-27-22(30-33-23)18-6-7-19-14(4-5-17(19)13(18)3)8-16-10-21(31)29-28-16;1-11(2)29-22-18(23)9-15(10-24-22)21-25-20(26-30-21)16-5-4-14-6-13(8-19(27)28)7-17(14)12(16)3;1-11(2)28-21-17(22)8-15(10-23-21)20-24-19(25-29-20)14-5-6-16-12(7-14)3-4-13(16)9-18(26)27/h6-7,9-12,14H,4-5,8H2,1-3H3,(H2,28,29,31);4-5,9-11,13H,6-8H2,1-3H3,(H,27,28);5-8,10-11,13H,3-4,9H2,1-2H3,(H,26,27). The topological polar surface area (TPSA) is 306 Å². The van der Waals surface area contributed by atoms with E-state index >= 15 is 0 Å². The average Bonchev–Trinajstić information content (AvgIpc) is 1.65. The number of pyridine rings is 3. The number of rotatable bonds is 18. The van der Waals surface area contributed by atoms with E-state index in [0.29, 0.717) is 90.5 Å². The molecule has 0 amide bonds. The molecule has 25 heteroatoms. The minimum atomic E-state index is -0.771. The molecule has 92 heavy (non-hydrogen) atoms. The molecule has 3 atom stereocenters. The number of aromatic nitrogens is 11. The van der Waals surface area contributed by atoms with Gasteiger partial charge in [-0.2, -0.15) is 15.0 Å². The number of halogens is 3. The first-order valence-electron chi connectivity index (χ1n) is 30.2. The molecule has 3 aliphatic rings. The molecule has 0 bridgehead atoms. The van der Waals surface area contributed by atoms with Gasteiger partial charge in [0.25, 0.3) is 23.2 Å². The highest BCUT2D eigenvalue weighted by molar-refractivity contribution is 6.32. The number of carboxylic acids is 2. The number of aryl methyl sites for hydroxylation is 1. The summed E-state index contributed by atoms with van der Waals surface area (Å²) < 4.78 is 33.0. The van der Waals surface area contributed by atoms with Crippen molar-refractivity contribution >= 4 is 46.7 Å². The molecular weight excluding hydrogens is 1240 g/mol. The van der Waals surface area contributed by atoms with Crippen LogP contribution in [0.3, 0.4) is 0 Å². The summed E-state index contributed by atoms with van der Waals surface area (Å²) >= 11 is 18.8. The van der Waals surface area contributed by atoms with Gasteiger partial charge in [0.15, 0.2) is 0 Å². The van der Waals surface area contributed by atoms with E-state index < -0.39 is 11.9 Å². The van der Waals surface area contributed by atoms with Crippen LogP contribution in [0.2, 0.25) is 15.1 Å². The van der Waals surface area contributed by atoms with Crippen LogP contribution in [0.15, 0.2) is 104 Å². The van der Waals surface area contributed by atoms with E-state index in [2.05, 4.69) is 68.6 Å². The van der Waals surface area contributed by atoms with Gasteiger partial charge >= 0.3 is 11.9 Å². The summed E-state index contributed by atoms with van der Waals surface area (Å²) in [6.07, 6.45) is 11.1. The number of carbonyl (C=O) groups is 2. The summed E-state index contributed by atoms with van der Waals surface area (Å²) in [6, 6.07) is 20.8. The Morgan fingerprint density at radius 2 is 1.04 bits per heavy atom. The molecule has 22 nitrogen and oxygen atoms in total. The maximum Gasteiger partial charge on any atom is 0.303 e. The van der Waals surface area contributed by atoms with E-state index in [9.17, 15) is 14.4 Å². The number of H-pyrrole nitrogens is 2. The zero-order chi connectivity index (χ0) is 65.1. The lowest BCUT2D eigenvalue weighted by molar-refractivity contribution is -0.138. The molecule has 0 saturated heterocycles. The summed E-state index contributed by atoms with van der Waals surface area (Å²) in [7, 11) is 0. The predicted octanol–water partition coefficient (Wildman–Crippen LogP) is 14.3. The fourth-order valence-corrected chi connectivity index (χ4v) is 12.6. The van der Waals surface area contributed by atoms with Gasteiger partial charge in [0.05, 0.1) is 41.4 Å². The molecule has 0 saturated carbocycles. The minimum absolute atomic E-state index is 0.0245. The summed E-state index contributed by atoms with van der Waals surface area (Å²) in [4.78, 5) is 59.8. The van der Waals surface area contributed by atoms with Crippen LogP contribution >= 0.6 is 34.8 Å². The van der Waals surface area contributed by atoms with Crippen molar-refractivity contribution in [3.8, 4) is 86.2 Å². The number of benzene rings is 3. The van der Waals surface area contributed by atoms with Crippen LogP contribution < -0.4 is 19.8 Å². The van der Waals surface area contributed by atoms with Crippen molar-refractivity contribution in [1.82, 2.24) is 55.6 Å². The van der Waals surface area contributed by atoms with Gasteiger partial charge in [-0.05, 0) is 187 Å². The smallest absolute Gasteiger partial charge is 0.303 e. The largest absolute Gasteiger partial charge is 0.481 e. The van der Waals surface area contributed by atoms with Gasteiger partial charge in [-0.25, -0.2) is 15.0 Å². The SMILES string of the molecule is CC(C)Oc1ncc(-c2nc(-c3ccc4c(c3)CCC4CC(=O)O)no2)cc1Cl.Cc1c(-c2noc(-c3cnc(OC(C)C)c(Cl)c3)n2)ccc2c1CC(CC(=O)O)C2.Cc1c(-c2noc(-c3cnc(OC(C)C)c(Cl)c3)n2)ccc2c1CCC2Cc1cc(=O)[nH][nH]1. The summed E-state index contributed by atoms with van der Waals surface area (Å²) in [5.41, 5.74) is 14.8.